The SMILES string of the molecule is NCCN.NCCN.[Cr+2]. The number of hydrogen-bond donors (Lipinski definition) is 4. The summed E-state index contributed by atoms with van der Waals surface area (Å²) in [6, 6.07) is 0. The molecule has 0 amide bonds. The van der Waals surface area contributed by atoms with Crippen LogP contribution in [0.1, 0.15) is 0 Å². The molecule has 0 aliphatic rings. The molecule has 0 aromatic heterocycles. The van der Waals surface area contributed by atoms with Gasteiger partial charge in [0.05, 0.1) is 0 Å². The van der Waals surface area contributed by atoms with E-state index >= 15 is 0 Å². The molecule has 0 aliphatic carbocycles. The number of rotatable bonds is 2. The second kappa shape index (κ2) is 23.8. The van der Waals surface area contributed by atoms with E-state index < -0.39 is 0 Å². The van der Waals surface area contributed by atoms with Crippen molar-refractivity contribution in [1.82, 2.24) is 0 Å². The van der Waals surface area contributed by atoms with Crippen molar-refractivity contribution >= 4 is 0 Å². The van der Waals surface area contributed by atoms with Crippen molar-refractivity contribution in [2.75, 3.05) is 26.2 Å². The van der Waals surface area contributed by atoms with Crippen LogP contribution in [0.25, 0.3) is 0 Å². The summed E-state index contributed by atoms with van der Waals surface area (Å²) in [5.41, 5.74) is 19.6. The van der Waals surface area contributed by atoms with E-state index in [0.29, 0.717) is 26.2 Å². The molecule has 0 unspecified atom stereocenters. The quantitative estimate of drug-likeness (QED) is 0.379. The van der Waals surface area contributed by atoms with Crippen molar-refractivity contribution in [3.63, 3.8) is 0 Å². The summed E-state index contributed by atoms with van der Waals surface area (Å²) in [4.78, 5) is 0. The molecule has 0 aromatic rings. The third kappa shape index (κ3) is 60.4. The monoisotopic (exact) mass is 172 g/mol. The van der Waals surface area contributed by atoms with Crippen LogP contribution < -0.4 is 22.9 Å². The largest absolute Gasteiger partial charge is 2.00 e. The van der Waals surface area contributed by atoms with Gasteiger partial charge in [-0.15, -0.1) is 0 Å². The van der Waals surface area contributed by atoms with E-state index in [1.54, 1.807) is 0 Å². The molecular formula is C4H16CrN4+2. The summed E-state index contributed by atoms with van der Waals surface area (Å²) in [7, 11) is 0. The smallest absolute Gasteiger partial charge is 0.329 e. The summed E-state index contributed by atoms with van der Waals surface area (Å²) >= 11 is 0. The fourth-order valence-electron chi connectivity index (χ4n) is 0. The molecule has 0 saturated carbocycles. The molecule has 0 aromatic carbocycles. The van der Waals surface area contributed by atoms with Crippen LogP contribution in [0.4, 0.5) is 0 Å². The van der Waals surface area contributed by atoms with E-state index in [9.17, 15) is 0 Å². The van der Waals surface area contributed by atoms with E-state index in [-0.39, 0.29) is 17.4 Å². The Hall–Kier alpha value is 0.372. The predicted molar refractivity (Wildman–Crippen MR) is 36.2 cm³/mol. The van der Waals surface area contributed by atoms with Crippen LogP contribution in [0.5, 0.6) is 0 Å². The summed E-state index contributed by atoms with van der Waals surface area (Å²) in [6.07, 6.45) is 0. The molecule has 5 heteroatoms. The Morgan fingerprint density at radius 1 is 0.556 bits per heavy atom. The zero-order valence-corrected chi connectivity index (χ0v) is 6.82. The minimum absolute atomic E-state index is 0. The van der Waals surface area contributed by atoms with Gasteiger partial charge in [0, 0.05) is 26.2 Å². The van der Waals surface area contributed by atoms with Crippen LogP contribution in [0.3, 0.4) is 0 Å². The molecule has 56 valence electrons. The first kappa shape index (κ1) is 16.2. The Morgan fingerprint density at radius 3 is 0.667 bits per heavy atom. The van der Waals surface area contributed by atoms with E-state index in [2.05, 4.69) is 0 Å². The van der Waals surface area contributed by atoms with Crippen molar-refractivity contribution in [3.8, 4) is 0 Å². The standard InChI is InChI=1S/2C2H8N2.Cr/c2*3-1-2-4;/h2*1-4H2;/q;;+2. The Bertz CT molecular complexity index is 20.5. The molecule has 9 heavy (non-hydrogen) atoms. The van der Waals surface area contributed by atoms with Crippen molar-refractivity contribution < 1.29 is 17.4 Å². The third-order valence-corrected chi connectivity index (χ3v) is 0.333. The molecule has 8 N–H and O–H groups in total. The molecule has 0 spiro atoms. The van der Waals surface area contributed by atoms with Gasteiger partial charge in [0.2, 0.25) is 0 Å². The van der Waals surface area contributed by atoms with Gasteiger partial charge in [-0.2, -0.15) is 0 Å². The number of hydrogen-bond acceptors (Lipinski definition) is 4. The molecule has 0 bridgehead atoms. The Labute approximate surface area is 67.1 Å². The van der Waals surface area contributed by atoms with Crippen molar-refractivity contribution in [1.29, 1.82) is 0 Å². The van der Waals surface area contributed by atoms with Gasteiger partial charge in [-0.3, -0.25) is 0 Å². The molecule has 0 fully saturated rings. The fraction of sp³-hybridized carbons (Fsp3) is 1.00. The van der Waals surface area contributed by atoms with Crippen LogP contribution in [0, 0.1) is 0 Å². The Balaban J connectivity index is -0.0000000720. The molecule has 0 heterocycles. The van der Waals surface area contributed by atoms with Crippen LogP contribution in [-0.4, -0.2) is 26.2 Å². The summed E-state index contributed by atoms with van der Waals surface area (Å²) < 4.78 is 0. The van der Waals surface area contributed by atoms with Crippen molar-refractivity contribution in [3.05, 3.63) is 0 Å². The van der Waals surface area contributed by atoms with E-state index in [1.807, 2.05) is 0 Å². The first-order valence-electron chi connectivity index (χ1n) is 2.63. The zero-order chi connectivity index (χ0) is 6.83. The van der Waals surface area contributed by atoms with Gasteiger partial charge in [-0.05, 0) is 0 Å². The maximum absolute atomic E-state index is 4.90. The van der Waals surface area contributed by atoms with E-state index in [4.69, 9.17) is 22.9 Å². The predicted octanol–water partition coefficient (Wildman–Crippen LogP) is -2.19. The maximum Gasteiger partial charge on any atom is 2.00 e. The van der Waals surface area contributed by atoms with Crippen molar-refractivity contribution in [2.24, 2.45) is 22.9 Å². The molecule has 0 rings (SSSR count). The molecule has 0 saturated heterocycles. The second-order valence-corrected chi connectivity index (χ2v) is 1.15. The fourth-order valence-corrected chi connectivity index (χ4v) is 0. The Kier molecular flexibility index (Phi) is 42.8. The van der Waals surface area contributed by atoms with Gasteiger partial charge >= 0.3 is 17.4 Å². The topological polar surface area (TPSA) is 104 Å². The van der Waals surface area contributed by atoms with Gasteiger partial charge in [0.1, 0.15) is 0 Å². The molecule has 0 aliphatic heterocycles. The van der Waals surface area contributed by atoms with Gasteiger partial charge < -0.3 is 22.9 Å². The average molecular weight is 172 g/mol. The Morgan fingerprint density at radius 2 is 0.667 bits per heavy atom. The number of nitrogens with two attached hydrogens (primary N) is 4. The first-order chi connectivity index (χ1) is 3.83. The van der Waals surface area contributed by atoms with Gasteiger partial charge in [0.15, 0.2) is 0 Å². The molecule has 4 nitrogen and oxygen atoms in total. The van der Waals surface area contributed by atoms with Gasteiger partial charge in [0.25, 0.3) is 0 Å². The molecule has 0 atom stereocenters. The summed E-state index contributed by atoms with van der Waals surface area (Å²) in [5.74, 6) is 0. The van der Waals surface area contributed by atoms with Gasteiger partial charge in [-0.25, -0.2) is 0 Å². The zero-order valence-electron chi connectivity index (χ0n) is 5.55. The third-order valence-electron chi connectivity index (χ3n) is 0.333. The average Bonchev–Trinajstić information content (AvgIpc) is 1.88. The normalized spacial score (nSPS) is 6.67. The molecular weight excluding hydrogens is 156 g/mol. The van der Waals surface area contributed by atoms with E-state index in [1.165, 1.54) is 0 Å². The second-order valence-electron chi connectivity index (χ2n) is 1.15. The van der Waals surface area contributed by atoms with E-state index in [0.717, 1.165) is 0 Å². The van der Waals surface area contributed by atoms with Crippen molar-refractivity contribution in [2.45, 2.75) is 0 Å². The van der Waals surface area contributed by atoms with Crippen LogP contribution in [-0.2, 0) is 17.4 Å². The van der Waals surface area contributed by atoms with Crippen LogP contribution in [0.15, 0.2) is 0 Å². The minimum atomic E-state index is 0. The van der Waals surface area contributed by atoms with Crippen LogP contribution >= 0.6 is 0 Å². The maximum atomic E-state index is 4.90. The summed E-state index contributed by atoms with van der Waals surface area (Å²) in [6.45, 7) is 2.39. The molecule has 0 radical (unpaired) electrons. The van der Waals surface area contributed by atoms with Crippen LogP contribution in [0.2, 0.25) is 0 Å². The van der Waals surface area contributed by atoms with Gasteiger partial charge in [-0.1, -0.05) is 0 Å². The minimum Gasteiger partial charge on any atom is -0.329 e. The first-order valence-corrected chi connectivity index (χ1v) is 2.63. The summed E-state index contributed by atoms with van der Waals surface area (Å²) in [5, 5.41) is 0.